The predicted molar refractivity (Wildman–Crippen MR) is 85.5 cm³/mol. The molecule has 1 heterocycles. The van der Waals surface area contributed by atoms with Gasteiger partial charge in [0.05, 0.1) is 11.3 Å². The number of rotatable bonds is 3. The molecule has 0 saturated heterocycles. The van der Waals surface area contributed by atoms with E-state index in [1.165, 1.54) is 43.3 Å². The van der Waals surface area contributed by atoms with Crippen molar-refractivity contribution in [2.24, 2.45) is 0 Å². The fraction of sp³-hybridized carbons (Fsp3) is 0.118. The monoisotopic (exact) mass is 364 g/mol. The number of benzene rings is 2. The molecule has 0 fully saturated rings. The minimum atomic E-state index is -4.49. The van der Waals surface area contributed by atoms with Gasteiger partial charge in [0.25, 0.3) is 5.91 Å². The number of hydrogen-bond acceptors (Lipinski definition) is 3. The van der Waals surface area contributed by atoms with Crippen molar-refractivity contribution in [3.63, 3.8) is 0 Å². The first-order valence-corrected chi connectivity index (χ1v) is 7.42. The topological polar surface area (TPSA) is 59.8 Å². The summed E-state index contributed by atoms with van der Waals surface area (Å²) < 4.78 is 52.6. The average molecular weight is 364 g/mol. The SMILES string of the molecule is Cc1nc(C(=O)Nc2ccc(F)cc2)nn1-c1cccc(C(F)(F)F)c1. The second-order valence-electron chi connectivity index (χ2n) is 5.40. The van der Waals surface area contributed by atoms with Crippen molar-refractivity contribution in [2.45, 2.75) is 13.1 Å². The van der Waals surface area contributed by atoms with Crippen LogP contribution in [0.2, 0.25) is 0 Å². The Balaban J connectivity index is 1.87. The molecular weight excluding hydrogens is 352 g/mol. The van der Waals surface area contributed by atoms with Crippen LogP contribution in [0.5, 0.6) is 0 Å². The van der Waals surface area contributed by atoms with Crippen LogP contribution < -0.4 is 5.32 Å². The molecule has 0 spiro atoms. The third kappa shape index (κ3) is 3.71. The Labute approximate surface area is 145 Å². The van der Waals surface area contributed by atoms with E-state index < -0.39 is 23.5 Å². The second-order valence-corrected chi connectivity index (χ2v) is 5.40. The summed E-state index contributed by atoms with van der Waals surface area (Å²) in [4.78, 5) is 16.2. The Morgan fingerprint density at radius 2 is 1.81 bits per heavy atom. The van der Waals surface area contributed by atoms with Gasteiger partial charge in [-0.05, 0) is 49.4 Å². The molecule has 3 aromatic rings. The molecule has 0 radical (unpaired) electrons. The lowest BCUT2D eigenvalue weighted by atomic mass is 10.2. The number of carbonyl (C=O) groups excluding carboxylic acids is 1. The first-order valence-electron chi connectivity index (χ1n) is 7.42. The van der Waals surface area contributed by atoms with Crippen LogP contribution in [0.4, 0.5) is 23.2 Å². The van der Waals surface area contributed by atoms with Crippen molar-refractivity contribution in [3.05, 3.63) is 71.6 Å². The fourth-order valence-electron chi connectivity index (χ4n) is 2.27. The van der Waals surface area contributed by atoms with Crippen molar-refractivity contribution >= 4 is 11.6 Å². The van der Waals surface area contributed by atoms with E-state index in [1.807, 2.05) is 0 Å². The summed E-state index contributed by atoms with van der Waals surface area (Å²) in [6.45, 7) is 1.52. The van der Waals surface area contributed by atoms with E-state index in [0.29, 0.717) is 5.69 Å². The normalized spacial score (nSPS) is 11.4. The van der Waals surface area contributed by atoms with Gasteiger partial charge in [-0.15, -0.1) is 5.10 Å². The van der Waals surface area contributed by atoms with E-state index in [1.54, 1.807) is 0 Å². The molecule has 0 aliphatic heterocycles. The zero-order valence-corrected chi connectivity index (χ0v) is 13.4. The van der Waals surface area contributed by atoms with Crippen LogP contribution in [0.3, 0.4) is 0 Å². The quantitative estimate of drug-likeness (QED) is 0.715. The van der Waals surface area contributed by atoms with Gasteiger partial charge in [-0.3, -0.25) is 4.79 Å². The number of aromatic nitrogens is 3. The van der Waals surface area contributed by atoms with E-state index in [0.717, 1.165) is 16.8 Å². The molecule has 0 unspecified atom stereocenters. The predicted octanol–water partition coefficient (Wildman–Crippen LogP) is 3.99. The average Bonchev–Trinajstić information content (AvgIpc) is 2.98. The molecule has 2 aromatic carbocycles. The molecule has 3 rings (SSSR count). The summed E-state index contributed by atoms with van der Waals surface area (Å²) in [6.07, 6.45) is -4.49. The third-order valence-electron chi connectivity index (χ3n) is 3.49. The maximum absolute atomic E-state index is 12.9. The van der Waals surface area contributed by atoms with Crippen LogP contribution in [-0.2, 0) is 6.18 Å². The zero-order valence-electron chi connectivity index (χ0n) is 13.4. The number of halogens is 4. The molecule has 26 heavy (non-hydrogen) atoms. The van der Waals surface area contributed by atoms with Crippen molar-refractivity contribution < 1.29 is 22.4 Å². The van der Waals surface area contributed by atoms with Gasteiger partial charge in [-0.2, -0.15) is 13.2 Å². The standard InChI is InChI=1S/C17H12F4N4O/c1-10-22-15(16(26)23-13-7-5-12(18)6-8-13)24-25(10)14-4-2-3-11(9-14)17(19,20)21/h2-9H,1H3,(H,23,26). The van der Waals surface area contributed by atoms with Gasteiger partial charge < -0.3 is 5.32 Å². The molecular formula is C17H12F4N4O. The van der Waals surface area contributed by atoms with Crippen LogP contribution in [0.25, 0.3) is 5.69 Å². The molecule has 0 aliphatic rings. The summed E-state index contributed by atoms with van der Waals surface area (Å²) in [5.41, 5.74) is -0.364. The van der Waals surface area contributed by atoms with Gasteiger partial charge in [-0.1, -0.05) is 6.07 Å². The smallest absolute Gasteiger partial charge is 0.319 e. The van der Waals surface area contributed by atoms with Crippen LogP contribution in [0.15, 0.2) is 48.5 Å². The molecule has 1 aromatic heterocycles. The van der Waals surface area contributed by atoms with Gasteiger partial charge in [-0.25, -0.2) is 14.1 Å². The Morgan fingerprint density at radius 1 is 1.12 bits per heavy atom. The fourth-order valence-corrected chi connectivity index (χ4v) is 2.27. The van der Waals surface area contributed by atoms with Crippen molar-refractivity contribution in [2.75, 3.05) is 5.32 Å². The van der Waals surface area contributed by atoms with E-state index in [2.05, 4.69) is 15.4 Å². The van der Waals surface area contributed by atoms with E-state index in [-0.39, 0.29) is 17.3 Å². The highest BCUT2D eigenvalue weighted by Crippen LogP contribution is 2.30. The number of aryl methyl sites for hydroxylation is 1. The lowest BCUT2D eigenvalue weighted by Gasteiger charge is -2.09. The molecule has 9 heteroatoms. The summed E-state index contributed by atoms with van der Waals surface area (Å²) >= 11 is 0. The number of amides is 1. The highest BCUT2D eigenvalue weighted by molar-refractivity contribution is 6.01. The summed E-state index contributed by atoms with van der Waals surface area (Å²) in [6, 6.07) is 9.62. The molecule has 1 N–H and O–H groups in total. The number of carbonyl (C=O) groups is 1. The summed E-state index contributed by atoms with van der Waals surface area (Å²) in [5, 5.41) is 6.46. The first kappa shape index (κ1) is 17.6. The Bertz CT molecular complexity index is 948. The lowest BCUT2D eigenvalue weighted by molar-refractivity contribution is -0.137. The second kappa shape index (κ2) is 6.58. The van der Waals surface area contributed by atoms with Gasteiger partial charge >= 0.3 is 6.18 Å². The Kier molecular flexibility index (Phi) is 4.45. The molecule has 1 amide bonds. The molecule has 0 bridgehead atoms. The van der Waals surface area contributed by atoms with Crippen LogP contribution in [0.1, 0.15) is 22.0 Å². The largest absolute Gasteiger partial charge is 0.416 e. The number of anilines is 1. The summed E-state index contributed by atoms with van der Waals surface area (Å²) in [5.74, 6) is -1.09. The van der Waals surface area contributed by atoms with E-state index >= 15 is 0 Å². The summed E-state index contributed by atoms with van der Waals surface area (Å²) in [7, 11) is 0. The molecule has 5 nitrogen and oxygen atoms in total. The van der Waals surface area contributed by atoms with Gasteiger partial charge in [0.2, 0.25) is 5.82 Å². The number of nitrogens with zero attached hydrogens (tertiary/aromatic N) is 3. The van der Waals surface area contributed by atoms with Crippen molar-refractivity contribution in [1.29, 1.82) is 0 Å². The van der Waals surface area contributed by atoms with Crippen LogP contribution >= 0.6 is 0 Å². The maximum Gasteiger partial charge on any atom is 0.416 e. The van der Waals surface area contributed by atoms with Gasteiger partial charge in [0, 0.05) is 5.69 Å². The van der Waals surface area contributed by atoms with E-state index in [9.17, 15) is 22.4 Å². The van der Waals surface area contributed by atoms with Crippen molar-refractivity contribution in [1.82, 2.24) is 14.8 Å². The maximum atomic E-state index is 12.9. The molecule has 134 valence electrons. The third-order valence-corrected chi connectivity index (χ3v) is 3.49. The first-order chi connectivity index (χ1) is 12.2. The lowest BCUT2D eigenvalue weighted by Crippen LogP contribution is -2.14. The van der Waals surface area contributed by atoms with Gasteiger partial charge in [0.1, 0.15) is 11.6 Å². The highest BCUT2D eigenvalue weighted by Gasteiger charge is 2.30. The number of hydrogen-bond donors (Lipinski definition) is 1. The number of alkyl halides is 3. The van der Waals surface area contributed by atoms with E-state index in [4.69, 9.17) is 0 Å². The highest BCUT2D eigenvalue weighted by atomic mass is 19.4. The zero-order chi connectivity index (χ0) is 18.9. The van der Waals surface area contributed by atoms with Crippen LogP contribution in [0, 0.1) is 12.7 Å². The Morgan fingerprint density at radius 3 is 2.46 bits per heavy atom. The van der Waals surface area contributed by atoms with Gasteiger partial charge in [0.15, 0.2) is 0 Å². The number of nitrogens with one attached hydrogen (secondary N) is 1. The Hall–Kier alpha value is -3.23. The van der Waals surface area contributed by atoms with Crippen LogP contribution in [-0.4, -0.2) is 20.7 Å². The molecule has 0 saturated carbocycles. The minimum absolute atomic E-state index is 0.130. The molecule has 0 atom stereocenters. The minimum Gasteiger partial charge on any atom is -0.319 e. The molecule has 0 aliphatic carbocycles. The van der Waals surface area contributed by atoms with Crippen molar-refractivity contribution in [3.8, 4) is 5.69 Å².